The fourth-order valence-electron chi connectivity index (χ4n) is 0.886. The second-order valence-electron chi connectivity index (χ2n) is 3.23. The third kappa shape index (κ3) is 5.47. The lowest BCUT2D eigenvalue weighted by Crippen LogP contribution is -2.45. The second kappa shape index (κ2) is 6.71. The number of carbonyl (C=O) groups excluding carboxylic acids is 1. The molecule has 0 bridgehead atoms. The van der Waals surface area contributed by atoms with Crippen LogP contribution in [0.2, 0.25) is 0 Å². The van der Waals surface area contributed by atoms with E-state index in [2.05, 4.69) is 24.5 Å². The van der Waals surface area contributed by atoms with E-state index < -0.39 is 0 Å². The van der Waals surface area contributed by atoms with Gasteiger partial charge in [0.2, 0.25) is 0 Å². The average molecular weight is 188 g/mol. The summed E-state index contributed by atoms with van der Waals surface area (Å²) < 4.78 is 5.26. The van der Waals surface area contributed by atoms with Crippen molar-refractivity contribution in [1.82, 2.24) is 10.6 Å². The normalized spacial score (nSPS) is 12.7. The summed E-state index contributed by atoms with van der Waals surface area (Å²) in [7, 11) is 1.60. The number of amides is 2. The zero-order valence-electron chi connectivity index (χ0n) is 8.89. The van der Waals surface area contributed by atoms with Crippen molar-refractivity contribution in [2.75, 3.05) is 20.3 Å². The zero-order chi connectivity index (χ0) is 10.3. The molecule has 0 aliphatic heterocycles. The summed E-state index contributed by atoms with van der Waals surface area (Å²) in [5.74, 6) is 0.379. The molecule has 0 fully saturated rings. The third-order valence-electron chi connectivity index (χ3n) is 1.85. The summed E-state index contributed by atoms with van der Waals surface area (Å²) in [5.41, 5.74) is 0. The molecular weight excluding hydrogens is 168 g/mol. The highest BCUT2D eigenvalue weighted by Crippen LogP contribution is 2.01. The molecule has 0 aliphatic carbocycles. The van der Waals surface area contributed by atoms with Crippen LogP contribution in [-0.4, -0.2) is 32.3 Å². The molecule has 1 atom stereocenters. The second-order valence-corrected chi connectivity index (χ2v) is 3.23. The molecule has 2 amide bonds. The minimum atomic E-state index is -0.154. The van der Waals surface area contributed by atoms with Crippen LogP contribution in [0, 0.1) is 5.92 Å². The Bertz CT molecular complexity index is 149. The molecule has 0 aliphatic rings. The zero-order valence-corrected chi connectivity index (χ0v) is 8.89. The van der Waals surface area contributed by atoms with Crippen molar-refractivity contribution in [3.8, 4) is 0 Å². The highest BCUT2D eigenvalue weighted by atomic mass is 16.5. The lowest BCUT2D eigenvalue weighted by Gasteiger charge is -2.21. The summed E-state index contributed by atoms with van der Waals surface area (Å²) in [4.78, 5) is 11.0. The Balaban J connectivity index is 3.87. The lowest BCUT2D eigenvalue weighted by atomic mass is 10.1. The molecule has 4 heteroatoms. The van der Waals surface area contributed by atoms with Gasteiger partial charge in [-0.3, -0.25) is 0 Å². The van der Waals surface area contributed by atoms with E-state index in [1.54, 1.807) is 7.05 Å². The van der Waals surface area contributed by atoms with Crippen molar-refractivity contribution in [2.45, 2.75) is 26.8 Å². The van der Waals surface area contributed by atoms with Gasteiger partial charge in [-0.05, 0) is 12.8 Å². The van der Waals surface area contributed by atoms with Crippen molar-refractivity contribution in [3.05, 3.63) is 0 Å². The van der Waals surface area contributed by atoms with E-state index in [4.69, 9.17) is 4.74 Å². The third-order valence-corrected chi connectivity index (χ3v) is 1.85. The first-order valence-electron chi connectivity index (χ1n) is 4.67. The molecule has 0 aromatic carbocycles. The first kappa shape index (κ1) is 12.2. The Kier molecular flexibility index (Phi) is 6.32. The SMILES string of the molecule is CCOCC(NC(=O)NC)C(C)C. The Hall–Kier alpha value is -0.770. The van der Waals surface area contributed by atoms with E-state index in [0.29, 0.717) is 19.1 Å². The van der Waals surface area contributed by atoms with Gasteiger partial charge in [0, 0.05) is 13.7 Å². The highest BCUT2D eigenvalue weighted by Gasteiger charge is 2.14. The number of nitrogens with one attached hydrogen (secondary N) is 2. The molecule has 1 unspecified atom stereocenters. The molecule has 0 saturated heterocycles. The van der Waals surface area contributed by atoms with Gasteiger partial charge in [0.1, 0.15) is 0 Å². The number of carbonyl (C=O) groups is 1. The average Bonchev–Trinajstić information content (AvgIpc) is 2.11. The standard InChI is InChI=1S/C9H20N2O2/c1-5-13-6-8(7(2)3)11-9(12)10-4/h7-8H,5-6H2,1-4H3,(H2,10,11,12). The molecule has 13 heavy (non-hydrogen) atoms. The Labute approximate surface area is 80.0 Å². The summed E-state index contributed by atoms with van der Waals surface area (Å²) in [6.07, 6.45) is 0. The van der Waals surface area contributed by atoms with E-state index in [1.165, 1.54) is 0 Å². The van der Waals surface area contributed by atoms with E-state index in [1.807, 2.05) is 6.92 Å². The summed E-state index contributed by atoms with van der Waals surface area (Å²) in [6, 6.07) is -0.0710. The van der Waals surface area contributed by atoms with Crippen LogP contribution in [0.3, 0.4) is 0 Å². The summed E-state index contributed by atoms with van der Waals surface area (Å²) >= 11 is 0. The first-order chi connectivity index (χ1) is 6.11. The largest absolute Gasteiger partial charge is 0.380 e. The first-order valence-corrected chi connectivity index (χ1v) is 4.67. The Morgan fingerprint density at radius 3 is 2.46 bits per heavy atom. The maximum Gasteiger partial charge on any atom is 0.314 e. The molecule has 4 nitrogen and oxygen atoms in total. The Morgan fingerprint density at radius 1 is 1.46 bits per heavy atom. The predicted molar refractivity (Wildman–Crippen MR) is 52.7 cm³/mol. The highest BCUT2D eigenvalue weighted by molar-refractivity contribution is 5.73. The molecule has 2 N–H and O–H groups in total. The van der Waals surface area contributed by atoms with Gasteiger partial charge in [-0.25, -0.2) is 4.79 Å². The predicted octanol–water partition coefficient (Wildman–Crippen LogP) is 0.976. The number of urea groups is 1. The molecule has 0 aromatic heterocycles. The van der Waals surface area contributed by atoms with E-state index in [9.17, 15) is 4.79 Å². The monoisotopic (exact) mass is 188 g/mol. The van der Waals surface area contributed by atoms with Gasteiger partial charge in [0.05, 0.1) is 12.6 Å². The molecule has 78 valence electrons. The smallest absolute Gasteiger partial charge is 0.314 e. The fourth-order valence-corrected chi connectivity index (χ4v) is 0.886. The van der Waals surface area contributed by atoms with Gasteiger partial charge < -0.3 is 15.4 Å². The number of rotatable bonds is 5. The number of hydrogen-bond donors (Lipinski definition) is 2. The van der Waals surface area contributed by atoms with Crippen molar-refractivity contribution < 1.29 is 9.53 Å². The van der Waals surface area contributed by atoms with Crippen molar-refractivity contribution in [1.29, 1.82) is 0 Å². The summed E-state index contributed by atoms with van der Waals surface area (Å²) in [6.45, 7) is 7.30. The van der Waals surface area contributed by atoms with Crippen LogP contribution < -0.4 is 10.6 Å². The van der Waals surface area contributed by atoms with Crippen LogP contribution in [0.4, 0.5) is 4.79 Å². The molecule has 0 rings (SSSR count). The van der Waals surface area contributed by atoms with Crippen molar-refractivity contribution in [2.24, 2.45) is 5.92 Å². The minimum Gasteiger partial charge on any atom is -0.380 e. The van der Waals surface area contributed by atoms with Crippen LogP contribution >= 0.6 is 0 Å². The van der Waals surface area contributed by atoms with Crippen LogP contribution in [0.5, 0.6) is 0 Å². The fraction of sp³-hybridized carbons (Fsp3) is 0.889. The molecule has 0 saturated carbocycles. The van der Waals surface area contributed by atoms with Gasteiger partial charge in [0.15, 0.2) is 0 Å². The number of ether oxygens (including phenoxy) is 1. The van der Waals surface area contributed by atoms with E-state index in [0.717, 1.165) is 0 Å². The van der Waals surface area contributed by atoms with Gasteiger partial charge >= 0.3 is 6.03 Å². The summed E-state index contributed by atoms with van der Waals surface area (Å²) in [5, 5.41) is 5.35. The lowest BCUT2D eigenvalue weighted by molar-refractivity contribution is 0.110. The van der Waals surface area contributed by atoms with Crippen LogP contribution in [-0.2, 0) is 4.74 Å². The maximum absolute atomic E-state index is 11.0. The minimum absolute atomic E-state index is 0.0832. The number of hydrogen-bond acceptors (Lipinski definition) is 2. The topological polar surface area (TPSA) is 50.4 Å². The Morgan fingerprint density at radius 2 is 2.08 bits per heavy atom. The van der Waals surface area contributed by atoms with Crippen LogP contribution in [0.15, 0.2) is 0 Å². The van der Waals surface area contributed by atoms with Crippen LogP contribution in [0.25, 0.3) is 0 Å². The van der Waals surface area contributed by atoms with E-state index >= 15 is 0 Å². The molecule has 0 radical (unpaired) electrons. The van der Waals surface area contributed by atoms with Gasteiger partial charge in [-0.15, -0.1) is 0 Å². The van der Waals surface area contributed by atoms with Crippen LogP contribution in [0.1, 0.15) is 20.8 Å². The molecule has 0 aromatic rings. The quantitative estimate of drug-likeness (QED) is 0.675. The maximum atomic E-state index is 11.0. The molecule has 0 spiro atoms. The van der Waals surface area contributed by atoms with Crippen molar-refractivity contribution >= 4 is 6.03 Å². The van der Waals surface area contributed by atoms with Crippen molar-refractivity contribution in [3.63, 3.8) is 0 Å². The molecule has 0 heterocycles. The molecular formula is C9H20N2O2. The van der Waals surface area contributed by atoms with Gasteiger partial charge in [-0.2, -0.15) is 0 Å². The van der Waals surface area contributed by atoms with Gasteiger partial charge in [-0.1, -0.05) is 13.8 Å². The van der Waals surface area contributed by atoms with Gasteiger partial charge in [0.25, 0.3) is 0 Å². The van der Waals surface area contributed by atoms with E-state index in [-0.39, 0.29) is 12.1 Å².